The number of hydrogen-bond acceptors (Lipinski definition) is 5. The summed E-state index contributed by atoms with van der Waals surface area (Å²) in [6.45, 7) is 3.88. The maximum atomic E-state index is 12.2. The fourth-order valence-electron chi connectivity index (χ4n) is 3.54. The average molecular weight is 347 g/mol. The number of nitrogens with zero attached hydrogens (tertiary/aromatic N) is 3. The molecule has 0 spiro atoms. The molecule has 2 heterocycles. The summed E-state index contributed by atoms with van der Waals surface area (Å²) in [6.07, 6.45) is 1.07. The monoisotopic (exact) mass is 347 g/mol. The molecule has 0 amide bonds. The Morgan fingerprint density at radius 2 is 1.88 bits per heavy atom. The van der Waals surface area contributed by atoms with E-state index in [-0.39, 0.29) is 5.82 Å². The lowest BCUT2D eigenvalue weighted by atomic mass is 9.99. The molecule has 132 valence electrons. The number of esters is 1. The Labute approximate surface area is 152 Å². The highest BCUT2D eigenvalue weighted by atomic mass is 16.5. The Kier molecular flexibility index (Phi) is 4.52. The first-order valence-corrected chi connectivity index (χ1v) is 9.00. The first-order chi connectivity index (χ1) is 12.8. The van der Waals surface area contributed by atoms with Crippen molar-refractivity contribution in [3.8, 4) is 0 Å². The van der Waals surface area contributed by atoms with Crippen molar-refractivity contribution < 1.29 is 9.53 Å². The van der Waals surface area contributed by atoms with E-state index in [4.69, 9.17) is 4.74 Å². The summed E-state index contributed by atoms with van der Waals surface area (Å²) in [6, 6.07) is 18.4. The van der Waals surface area contributed by atoms with Crippen LogP contribution in [-0.2, 0) is 4.74 Å². The highest BCUT2D eigenvalue weighted by molar-refractivity contribution is 5.94. The van der Waals surface area contributed by atoms with Gasteiger partial charge in [0.2, 0.25) is 5.82 Å². The number of carbonyl (C=O) groups excluding carboxylic acids is 1. The molecule has 0 aliphatic carbocycles. The third kappa shape index (κ3) is 3.12. The normalized spacial score (nSPS) is 16.8. The second kappa shape index (κ2) is 7.12. The van der Waals surface area contributed by atoms with Gasteiger partial charge in [-0.3, -0.25) is 0 Å². The molecule has 1 aromatic heterocycles. The second-order valence-corrected chi connectivity index (χ2v) is 6.45. The Morgan fingerprint density at radius 1 is 1.12 bits per heavy atom. The number of carbonyl (C=O) groups is 1. The van der Waals surface area contributed by atoms with E-state index in [2.05, 4.69) is 39.1 Å². The predicted octanol–water partition coefficient (Wildman–Crippen LogP) is 3.80. The molecule has 5 nitrogen and oxygen atoms in total. The van der Waals surface area contributed by atoms with E-state index in [1.54, 1.807) is 6.92 Å². The van der Waals surface area contributed by atoms with Crippen LogP contribution in [0.15, 0.2) is 54.6 Å². The Hall–Kier alpha value is -2.95. The minimum Gasteiger partial charge on any atom is -0.460 e. The van der Waals surface area contributed by atoms with Gasteiger partial charge in [0.25, 0.3) is 0 Å². The number of fused-ring (bicyclic) bond motifs is 1. The molecular formula is C21H21N3O2. The molecule has 1 unspecified atom stereocenters. The number of hydrogen-bond donors (Lipinski definition) is 0. The van der Waals surface area contributed by atoms with E-state index in [0.29, 0.717) is 12.5 Å². The standard InChI is InChI=1S/C21H21N3O2/c1-2-26-21(25)19-22-18-11-7-6-10-17(18)20(23-19)24-13-12-16(14-24)15-8-4-3-5-9-15/h3-11,16H,2,12-14H2,1H3. The van der Waals surface area contributed by atoms with Crippen LogP contribution in [0.4, 0.5) is 5.82 Å². The molecule has 1 aliphatic heterocycles. The molecule has 5 heteroatoms. The van der Waals surface area contributed by atoms with Crippen LogP contribution in [0.25, 0.3) is 10.9 Å². The summed E-state index contributed by atoms with van der Waals surface area (Å²) in [5.41, 5.74) is 2.11. The number of benzene rings is 2. The van der Waals surface area contributed by atoms with Crippen molar-refractivity contribution in [3.63, 3.8) is 0 Å². The molecule has 0 bridgehead atoms. The van der Waals surface area contributed by atoms with Gasteiger partial charge in [-0.1, -0.05) is 42.5 Å². The van der Waals surface area contributed by atoms with Gasteiger partial charge in [0, 0.05) is 24.4 Å². The number of para-hydroxylation sites is 1. The lowest BCUT2D eigenvalue weighted by Gasteiger charge is -2.20. The number of anilines is 1. The largest absolute Gasteiger partial charge is 0.460 e. The maximum Gasteiger partial charge on any atom is 0.376 e. The Bertz CT molecular complexity index is 927. The summed E-state index contributed by atoms with van der Waals surface area (Å²) in [5.74, 6) is 0.940. The van der Waals surface area contributed by atoms with Crippen molar-refractivity contribution in [1.82, 2.24) is 9.97 Å². The van der Waals surface area contributed by atoms with E-state index in [9.17, 15) is 4.79 Å². The lowest BCUT2D eigenvalue weighted by Crippen LogP contribution is -2.22. The molecule has 4 rings (SSSR count). The average Bonchev–Trinajstić information content (AvgIpc) is 3.18. The van der Waals surface area contributed by atoms with Gasteiger partial charge < -0.3 is 9.64 Å². The number of aromatic nitrogens is 2. The summed E-state index contributed by atoms with van der Waals surface area (Å²) < 4.78 is 5.10. The van der Waals surface area contributed by atoms with Crippen molar-refractivity contribution in [1.29, 1.82) is 0 Å². The molecule has 1 saturated heterocycles. The van der Waals surface area contributed by atoms with Crippen LogP contribution < -0.4 is 4.90 Å². The third-order valence-corrected chi connectivity index (χ3v) is 4.80. The molecule has 0 saturated carbocycles. The van der Waals surface area contributed by atoms with E-state index < -0.39 is 5.97 Å². The van der Waals surface area contributed by atoms with Gasteiger partial charge in [-0.2, -0.15) is 0 Å². The Balaban J connectivity index is 1.70. The maximum absolute atomic E-state index is 12.2. The smallest absolute Gasteiger partial charge is 0.376 e. The molecule has 1 aliphatic rings. The summed E-state index contributed by atoms with van der Waals surface area (Å²) in [5, 5.41) is 0.967. The molecule has 2 aromatic carbocycles. The summed E-state index contributed by atoms with van der Waals surface area (Å²) in [7, 11) is 0. The first kappa shape index (κ1) is 16.5. The SMILES string of the molecule is CCOC(=O)c1nc(N2CCC(c3ccccc3)C2)c2ccccc2n1. The zero-order valence-corrected chi connectivity index (χ0v) is 14.8. The van der Waals surface area contributed by atoms with Crippen LogP contribution in [-0.4, -0.2) is 35.6 Å². The Morgan fingerprint density at radius 3 is 2.69 bits per heavy atom. The summed E-state index contributed by atoms with van der Waals surface area (Å²) >= 11 is 0. The van der Waals surface area contributed by atoms with E-state index in [1.165, 1.54) is 5.56 Å². The third-order valence-electron chi connectivity index (χ3n) is 4.80. The van der Waals surface area contributed by atoms with Crippen molar-refractivity contribution in [2.75, 3.05) is 24.6 Å². The van der Waals surface area contributed by atoms with Gasteiger partial charge in [-0.15, -0.1) is 0 Å². The van der Waals surface area contributed by atoms with Gasteiger partial charge in [0.15, 0.2) is 0 Å². The van der Waals surface area contributed by atoms with Crippen LogP contribution in [0.1, 0.15) is 35.4 Å². The highest BCUT2D eigenvalue weighted by Gasteiger charge is 2.27. The van der Waals surface area contributed by atoms with Gasteiger partial charge >= 0.3 is 5.97 Å². The van der Waals surface area contributed by atoms with E-state index in [0.717, 1.165) is 36.2 Å². The first-order valence-electron chi connectivity index (χ1n) is 9.00. The number of ether oxygens (including phenoxy) is 1. The van der Waals surface area contributed by atoms with E-state index in [1.807, 2.05) is 30.3 Å². The van der Waals surface area contributed by atoms with E-state index >= 15 is 0 Å². The number of rotatable bonds is 4. The summed E-state index contributed by atoms with van der Waals surface area (Å²) in [4.78, 5) is 23.4. The molecule has 26 heavy (non-hydrogen) atoms. The van der Waals surface area contributed by atoms with Crippen molar-refractivity contribution >= 4 is 22.7 Å². The fourth-order valence-corrected chi connectivity index (χ4v) is 3.54. The molecular weight excluding hydrogens is 326 g/mol. The zero-order chi connectivity index (χ0) is 17.9. The van der Waals surface area contributed by atoms with Crippen molar-refractivity contribution in [2.24, 2.45) is 0 Å². The van der Waals surface area contributed by atoms with Crippen LogP contribution in [0.3, 0.4) is 0 Å². The van der Waals surface area contributed by atoms with Gasteiger partial charge in [0.05, 0.1) is 12.1 Å². The molecule has 0 N–H and O–H groups in total. The minimum atomic E-state index is -0.474. The lowest BCUT2D eigenvalue weighted by molar-refractivity contribution is 0.0512. The molecule has 0 radical (unpaired) electrons. The topological polar surface area (TPSA) is 55.3 Å². The van der Waals surface area contributed by atoms with Crippen LogP contribution in [0, 0.1) is 0 Å². The molecule has 1 fully saturated rings. The van der Waals surface area contributed by atoms with Crippen LogP contribution in [0.2, 0.25) is 0 Å². The quantitative estimate of drug-likeness (QED) is 0.672. The van der Waals surface area contributed by atoms with Crippen molar-refractivity contribution in [3.05, 3.63) is 66.0 Å². The zero-order valence-electron chi connectivity index (χ0n) is 14.8. The highest BCUT2D eigenvalue weighted by Crippen LogP contribution is 2.33. The second-order valence-electron chi connectivity index (χ2n) is 6.45. The molecule has 3 aromatic rings. The fraction of sp³-hybridized carbons (Fsp3) is 0.286. The van der Waals surface area contributed by atoms with Crippen molar-refractivity contribution in [2.45, 2.75) is 19.3 Å². The molecule has 1 atom stereocenters. The predicted molar refractivity (Wildman–Crippen MR) is 102 cm³/mol. The van der Waals surface area contributed by atoms with Crippen LogP contribution in [0.5, 0.6) is 0 Å². The van der Waals surface area contributed by atoms with Gasteiger partial charge in [-0.25, -0.2) is 14.8 Å². The van der Waals surface area contributed by atoms with Crippen LogP contribution >= 0.6 is 0 Å². The minimum absolute atomic E-state index is 0.128. The van der Waals surface area contributed by atoms with Gasteiger partial charge in [0.1, 0.15) is 5.82 Å². The van der Waals surface area contributed by atoms with Gasteiger partial charge in [-0.05, 0) is 31.0 Å².